The molecule has 0 aromatic carbocycles. The maximum absolute atomic E-state index is 5.54. The van der Waals surface area contributed by atoms with Crippen molar-refractivity contribution in [3.63, 3.8) is 0 Å². The molecule has 2 N–H and O–H groups in total. The Hall–Kier alpha value is -0.610. The predicted molar refractivity (Wildman–Crippen MR) is 62.8 cm³/mol. The Balaban J connectivity index is 2.76. The lowest BCUT2D eigenvalue weighted by Crippen LogP contribution is -2.31. The second-order valence-corrected chi connectivity index (χ2v) is 4.45. The van der Waals surface area contributed by atoms with Gasteiger partial charge in [-0.2, -0.15) is 0 Å². The van der Waals surface area contributed by atoms with Gasteiger partial charge in [0.1, 0.15) is 0 Å². The number of nitrogens with zero attached hydrogens (tertiary/aromatic N) is 2. The molecule has 0 aliphatic heterocycles. The summed E-state index contributed by atoms with van der Waals surface area (Å²) in [5.41, 5.74) is 6.53. The Kier molecular flexibility index (Phi) is 4.35. The Labute approximate surface area is 89.9 Å². The summed E-state index contributed by atoms with van der Waals surface area (Å²) < 4.78 is 0. The van der Waals surface area contributed by atoms with Gasteiger partial charge in [-0.05, 0) is 20.3 Å². The number of hydrogen-bond donors (Lipinski definition) is 1. The molecule has 0 radical (unpaired) electrons. The van der Waals surface area contributed by atoms with Crippen LogP contribution in [0.3, 0.4) is 0 Å². The van der Waals surface area contributed by atoms with Gasteiger partial charge in [0.05, 0.1) is 5.69 Å². The maximum atomic E-state index is 5.54. The van der Waals surface area contributed by atoms with Crippen molar-refractivity contribution in [2.45, 2.75) is 39.8 Å². The smallest absolute Gasteiger partial charge is 0.185 e. The highest BCUT2D eigenvalue weighted by Crippen LogP contribution is 2.22. The second kappa shape index (κ2) is 5.32. The van der Waals surface area contributed by atoms with Crippen LogP contribution in [0.4, 0.5) is 5.13 Å². The third-order valence-corrected chi connectivity index (χ3v) is 3.01. The van der Waals surface area contributed by atoms with Crippen LogP contribution in [0, 0.1) is 0 Å². The fourth-order valence-electron chi connectivity index (χ4n) is 1.34. The van der Waals surface area contributed by atoms with Gasteiger partial charge in [0.2, 0.25) is 0 Å². The monoisotopic (exact) mass is 213 g/mol. The zero-order valence-corrected chi connectivity index (χ0v) is 9.97. The van der Waals surface area contributed by atoms with E-state index >= 15 is 0 Å². The molecule has 0 aliphatic carbocycles. The number of thiazole rings is 1. The zero-order chi connectivity index (χ0) is 10.6. The van der Waals surface area contributed by atoms with E-state index in [-0.39, 0.29) is 0 Å². The average molecular weight is 213 g/mol. The summed E-state index contributed by atoms with van der Waals surface area (Å²) in [6, 6.07) is 0.506. The molecule has 0 fully saturated rings. The fraction of sp³-hybridized carbons (Fsp3) is 0.700. The molecule has 80 valence electrons. The molecule has 14 heavy (non-hydrogen) atoms. The molecule has 1 aromatic heterocycles. The minimum Gasteiger partial charge on any atom is -0.346 e. The Morgan fingerprint density at radius 3 is 2.71 bits per heavy atom. The average Bonchev–Trinajstić information content (AvgIpc) is 2.61. The molecule has 1 rings (SSSR count). The fourth-order valence-corrected chi connectivity index (χ4v) is 2.34. The van der Waals surface area contributed by atoms with Crippen LogP contribution in [0.15, 0.2) is 5.38 Å². The van der Waals surface area contributed by atoms with Crippen molar-refractivity contribution in [1.29, 1.82) is 0 Å². The number of rotatable bonds is 5. The first-order valence-electron chi connectivity index (χ1n) is 5.10. The Bertz CT molecular complexity index is 270. The molecule has 4 heteroatoms. The van der Waals surface area contributed by atoms with Crippen molar-refractivity contribution in [2.24, 2.45) is 5.73 Å². The topological polar surface area (TPSA) is 42.2 Å². The van der Waals surface area contributed by atoms with Gasteiger partial charge < -0.3 is 10.6 Å². The lowest BCUT2D eigenvalue weighted by atomic mass is 10.3. The van der Waals surface area contributed by atoms with E-state index in [1.54, 1.807) is 11.3 Å². The molecule has 0 saturated carbocycles. The van der Waals surface area contributed by atoms with E-state index in [2.05, 4.69) is 30.7 Å². The first kappa shape index (κ1) is 11.5. The van der Waals surface area contributed by atoms with E-state index in [0.29, 0.717) is 12.6 Å². The Morgan fingerprint density at radius 2 is 2.29 bits per heavy atom. The van der Waals surface area contributed by atoms with Crippen LogP contribution >= 0.6 is 11.3 Å². The molecule has 0 unspecified atom stereocenters. The van der Waals surface area contributed by atoms with Crippen molar-refractivity contribution < 1.29 is 0 Å². The number of nitrogens with two attached hydrogens (primary N) is 1. The molecule has 0 aliphatic rings. The molecule has 0 spiro atoms. The van der Waals surface area contributed by atoms with Crippen LogP contribution in [0.1, 0.15) is 32.9 Å². The zero-order valence-electron chi connectivity index (χ0n) is 9.16. The summed E-state index contributed by atoms with van der Waals surface area (Å²) in [5.74, 6) is 0. The maximum Gasteiger partial charge on any atom is 0.185 e. The van der Waals surface area contributed by atoms with Crippen molar-refractivity contribution in [2.75, 3.05) is 11.4 Å². The van der Waals surface area contributed by atoms with E-state index in [1.807, 2.05) is 5.38 Å². The molecule has 3 nitrogen and oxygen atoms in total. The first-order valence-corrected chi connectivity index (χ1v) is 5.98. The Morgan fingerprint density at radius 1 is 1.57 bits per heavy atom. The SMILES string of the molecule is CCCN(c1nc(CN)cs1)C(C)C. The van der Waals surface area contributed by atoms with Crippen molar-refractivity contribution in [1.82, 2.24) is 4.98 Å². The summed E-state index contributed by atoms with van der Waals surface area (Å²) in [4.78, 5) is 6.81. The second-order valence-electron chi connectivity index (χ2n) is 3.61. The summed E-state index contributed by atoms with van der Waals surface area (Å²) in [7, 11) is 0. The van der Waals surface area contributed by atoms with E-state index < -0.39 is 0 Å². The molecule has 0 saturated heterocycles. The van der Waals surface area contributed by atoms with Crippen LogP contribution in [0.25, 0.3) is 0 Å². The first-order chi connectivity index (χ1) is 6.69. The van der Waals surface area contributed by atoms with Gasteiger partial charge in [-0.15, -0.1) is 11.3 Å². The van der Waals surface area contributed by atoms with Crippen LogP contribution in [0.5, 0.6) is 0 Å². The van der Waals surface area contributed by atoms with E-state index in [0.717, 1.165) is 23.8 Å². The van der Waals surface area contributed by atoms with E-state index in [9.17, 15) is 0 Å². The van der Waals surface area contributed by atoms with Crippen molar-refractivity contribution >= 4 is 16.5 Å². The summed E-state index contributed by atoms with van der Waals surface area (Å²) in [5, 5.41) is 3.14. The molecular weight excluding hydrogens is 194 g/mol. The minimum atomic E-state index is 0.506. The molecule has 1 heterocycles. The number of aromatic nitrogens is 1. The van der Waals surface area contributed by atoms with Crippen LogP contribution < -0.4 is 10.6 Å². The standard InChI is InChI=1S/C10H19N3S/c1-4-5-13(8(2)3)10-12-9(6-11)7-14-10/h7-8H,4-6,11H2,1-3H3. The predicted octanol–water partition coefficient (Wildman–Crippen LogP) is 2.23. The van der Waals surface area contributed by atoms with Crippen LogP contribution in [-0.2, 0) is 6.54 Å². The van der Waals surface area contributed by atoms with Crippen LogP contribution in [0.2, 0.25) is 0 Å². The van der Waals surface area contributed by atoms with Gasteiger partial charge in [0.25, 0.3) is 0 Å². The molecule has 1 aromatic rings. The third kappa shape index (κ3) is 2.69. The van der Waals surface area contributed by atoms with E-state index in [4.69, 9.17) is 5.73 Å². The van der Waals surface area contributed by atoms with Crippen molar-refractivity contribution in [3.8, 4) is 0 Å². The van der Waals surface area contributed by atoms with Crippen molar-refractivity contribution in [3.05, 3.63) is 11.1 Å². The molecule has 0 amide bonds. The highest BCUT2D eigenvalue weighted by Gasteiger charge is 2.12. The lowest BCUT2D eigenvalue weighted by molar-refractivity contribution is 0.667. The normalized spacial score (nSPS) is 10.9. The highest BCUT2D eigenvalue weighted by atomic mass is 32.1. The van der Waals surface area contributed by atoms with Gasteiger partial charge in [0.15, 0.2) is 5.13 Å². The van der Waals surface area contributed by atoms with Gasteiger partial charge in [0, 0.05) is 24.5 Å². The molecule has 0 atom stereocenters. The number of anilines is 1. The van der Waals surface area contributed by atoms with E-state index in [1.165, 1.54) is 0 Å². The molecular formula is C10H19N3S. The largest absolute Gasteiger partial charge is 0.346 e. The van der Waals surface area contributed by atoms with Gasteiger partial charge in [-0.3, -0.25) is 0 Å². The minimum absolute atomic E-state index is 0.506. The molecule has 0 bridgehead atoms. The highest BCUT2D eigenvalue weighted by molar-refractivity contribution is 7.13. The summed E-state index contributed by atoms with van der Waals surface area (Å²) >= 11 is 1.69. The summed E-state index contributed by atoms with van der Waals surface area (Å²) in [6.45, 7) is 8.18. The quantitative estimate of drug-likeness (QED) is 0.815. The van der Waals surface area contributed by atoms with Crippen LogP contribution in [-0.4, -0.2) is 17.6 Å². The third-order valence-electron chi connectivity index (χ3n) is 2.08. The lowest BCUT2D eigenvalue weighted by Gasteiger charge is -2.25. The summed E-state index contributed by atoms with van der Waals surface area (Å²) in [6.07, 6.45) is 1.15. The number of hydrogen-bond acceptors (Lipinski definition) is 4. The van der Waals surface area contributed by atoms with Gasteiger partial charge in [-0.25, -0.2) is 4.98 Å². The van der Waals surface area contributed by atoms with Gasteiger partial charge in [-0.1, -0.05) is 6.92 Å². The van der Waals surface area contributed by atoms with Gasteiger partial charge >= 0.3 is 0 Å².